The molecule has 1 aromatic carbocycles. The number of anilines is 1. The summed E-state index contributed by atoms with van der Waals surface area (Å²) in [5, 5.41) is 22.4. The first-order chi connectivity index (χ1) is 26.5. The molecule has 17 nitrogen and oxygen atoms in total. The molecule has 308 valence electrons. The highest BCUT2D eigenvalue weighted by molar-refractivity contribution is 7.92. The Morgan fingerprint density at radius 3 is 1.89 bits per heavy atom. The molecule has 0 saturated carbocycles. The monoisotopic (exact) mass is 795 g/mol. The third-order valence-corrected chi connectivity index (χ3v) is 9.37. The summed E-state index contributed by atoms with van der Waals surface area (Å²) in [5.41, 5.74) is 0.0779. The number of aromatic nitrogens is 2. The van der Waals surface area contributed by atoms with Crippen LogP contribution in [0, 0.1) is 0 Å². The number of carboxylic acids is 2. The molecule has 1 heterocycles. The molecule has 0 spiro atoms. The largest absolute Gasteiger partial charge is 0.494 e. The second-order valence-electron chi connectivity index (χ2n) is 12.7. The van der Waals surface area contributed by atoms with Crippen molar-refractivity contribution in [3.8, 4) is 5.75 Å². The lowest BCUT2D eigenvalue weighted by Crippen LogP contribution is -2.42. The van der Waals surface area contributed by atoms with E-state index in [4.69, 9.17) is 29.2 Å². The van der Waals surface area contributed by atoms with Crippen molar-refractivity contribution in [1.29, 1.82) is 0 Å². The summed E-state index contributed by atoms with van der Waals surface area (Å²) in [6.07, 6.45) is 16.4. The number of hydrogen-bond donors (Lipinski definition) is 5. The molecular weight excluding hydrogens is 738 g/mol. The Labute approximate surface area is 323 Å². The number of rotatable bonds is 33. The van der Waals surface area contributed by atoms with E-state index in [-0.39, 0.29) is 55.8 Å². The Kier molecular flexibility index (Phi) is 23.9. The lowest BCUT2D eigenvalue weighted by molar-refractivity contribution is -0.145. The normalized spacial score (nSPS) is 11.8. The van der Waals surface area contributed by atoms with E-state index in [1.807, 2.05) is 0 Å². The molecule has 0 bridgehead atoms. The quantitative estimate of drug-likeness (QED) is 0.0493. The molecule has 0 fully saturated rings. The Bertz CT molecular complexity index is 1510. The number of nitrogens with zero attached hydrogens (tertiary/aromatic N) is 2. The van der Waals surface area contributed by atoms with Crippen LogP contribution in [0.15, 0.2) is 41.6 Å². The first-order valence-electron chi connectivity index (χ1n) is 18.9. The predicted octanol–water partition coefficient (Wildman–Crippen LogP) is 4.53. The van der Waals surface area contributed by atoms with Crippen molar-refractivity contribution in [2.45, 2.75) is 108 Å². The van der Waals surface area contributed by atoms with Crippen molar-refractivity contribution in [3.05, 3.63) is 42.2 Å². The van der Waals surface area contributed by atoms with Gasteiger partial charge in [0.2, 0.25) is 11.9 Å². The van der Waals surface area contributed by atoms with Crippen LogP contribution >= 0.6 is 0 Å². The van der Waals surface area contributed by atoms with Crippen molar-refractivity contribution >= 4 is 39.7 Å². The number of amides is 2. The second-order valence-corrected chi connectivity index (χ2v) is 14.4. The average Bonchev–Trinajstić information content (AvgIpc) is 3.14. The van der Waals surface area contributed by atoms with E-state index < -0.39 is 46.6 Å². The Hall–Kier alpha value is -4.39. The second kappa shape index (κ2) is 28.1. The van der Waals surface area contributed by atoms with Crippen LogP contribution in [0.3, 0.4) is 0 Å². The third kappa shape index (κ3) is 22.6. The molecular formula is C37H57N5O12S. The highest BCUT2D eigenvalue weighted by atomic mass is 32.2. The zero-order valence-electron chi connectivity index (χ0n) is 31.7. The molecule has 18 heteroatoms. The van der Waals surface area contributed by atoms with Gasteiger partial charge in [0.15, 0.2) is 6.23 Å². The van der Waals surface area contributed by atoms with Gasteiger partial charge in [-0.1, -0.05) is 70.6 Å². The minimum Gasteiger partial charge on any atom is -0.494 e. The van der Waals surface area contributed by atoms with Crippen LogP contribution in [0.4, 0.5) is 5.95 Å². The SMILES string of the molecule is CCOC(COCC(=O)O)NC(=O)COCCNC(=O)c1cnc(NS(=O)(=O)c2ccc(OCCCCCCCCCCCCCCCC(=O)O)cc2)nc1. The Morgan fingerprint density at radius 1 is 0.745 bits per heavy atom. The van der Waals surface area contributed by atoms with Crippen LogP contribution in [-0.4, -0.2) is 105 Å². The van der Waals surface area contributed by atoms with Crippen LogP contribution in [-0.2, 0) is 38.6 Å². The summed E-state index contributed by atoms with van der Waals surface area (Å²) in [6.45, 7) is 1.55. The molecule has 1 aromatic heterocycles. The van der Waals surface area contributed by atoms with Crippen LogP contribution in [0.25, 0.3) is 0 Å². The van der Waals surface area contributed by atoms with Gasteiger partial charge in [-0.05, 0) is 44.0 Å². The van der Waals surface area contributed by atoms with Gasteiger partial charge >= 0.3 is 11.9 Å². The highest BCUT2D eigenvalue weighted by Crippen LogP contribution is 2.19. The van der Waals surface area contributed by atoms with Crippen LogP contribution in [0.2, 0.25) is 0 Å². The average molecular weight is 796 g/mol. The van der Waals surface area contributed by atoms with Crippen LogP contribution in [0.1, 0.15) is 107 Å². The van der Waals surface area contributed by atoms with Crippen molar-refractivity contribution in [1.82, 2.24) is 20.6 Å². The first kappa shape index (κ1) is 46.8. The zero-order chi connectivity index (χ0) is 40.2. The van der Waals surface area contributed by atoms with Crippen molar-refractivity contribution in [2.24, 2.45) is 0 Å². The summed E-state index contributed by atoms with van der Waals surface area (Å²) in [6, 6.07) is 6.04. The van der Waals surface area contributed by atoms with Gasteiger partial charge in [0.25, 0.3) is 15.9 Å². The topological polar surface area (TPSA) is 242 Å². The molecule has 0 aliphatic carbocycles. The Morgan fingerprint density at radius 2 is 1.33 bits per heavy atom. The van der Waals surface area contributed by atoms with Crippen LogP contribution in [0.5, 0.6) is 5.75 Å². The molecule has 1 atom stereocenters. The van der Waals surface area contributed by atoms with E-state index in [1.54, 1.807) is 19.1 Å². The van der Waals surface area contributed by atoms with E-state index in [0.717, 1.165) is 38.5 Å². The van der Waals surface area contributed by atoms with E-state index in [0.29, 0.717) is 12.4 Å². The minimum atomic E-state index is -4.00. The number of carboxylic acid groups (broad SMARTS) is 2. The Balaban J connectivity index is 1.58. The lowest BCUT2D eigenvalue weighted by Gasteiger charge is -2.18. The maximum Gasteiger partial charge on any atom is 0.329 e. The number of hydrogen-bond acceptors (Lipinski definition) is 12. The summed E-state index contributed by atoms with van der Waals surface area (Å²) in [7, 11) is -4.00. The predicted molar refractivity (Wildman–Crippen MR) is 202 cm³/mol. The fourth-order valence-corrected chi connectivity index (χ4v) is 6.17. The van der Waals surface area contributed by atoms with Gasteiger partial charge in [-0.25, -0.2) is 27.9 Å². The molecule has 2 rings (SSSR count). The van der Waals surface area contributed by atoms with Gasteiger partial charge in [0.1, 0.15) is 19.0 Å². The lowest BCUT2D eigenvalue weighted by atomic mass is 10.0. The summed E-state index contributed by atoms with van der Waals surface area (Å²) in [5.74, 6) is -2.56. The van der Waals surface area contributed by atoms with Gasteiger partial charge in [-0.15, -0.1) is 0 Å². The molecule has 0 aliphatic rings. The molecule has 55 heavy (non-hydrogen) atoms. The fourth-order valence-electron chi connectivity index (χ4n) is 5.22. The molecule has 2 aromatic rings. The molecule has 1 unspecified atom stereocenters. The molecule has 0 aliphatic heterocycles. The van der Waals surface area contributed by atoms with Crippen molar-refractivity contribution in [3.63, 3.8) is 0 Å². The number of aliphatic carboxylic acids is 2. The number of carbonyl (C=O) groups is 4. The highest BCUT2D eigenvalue weighted by Gasteiger charge is 2.17. The number of unbranched alkanes of at least 4 members (excludes halogenated alkanes) is 12. The van der Waals surface area contributed by atoms with Gasteiger partial charge in [-0.2, -0.15) is 0 Å². The summed E-state index contributed by atoms with van der Waals surface area (Å²) >= 11 is 0. The van der Waals surface area contributed by atoms with Gasteiger partial charge in [-0.3, -0.25) is 14.4 Å². The van der Waals surface area contributed by atoms with Gasteiger partial charge in [0, 0.05) is 32.0 Å². The van der Waals surface area contributed by atoms with E-state index in [1.165, 1.54) is 69.5 Å². The molecule has 5 N–H and O–H groups in total. The number of ether oxygens (including phenoxy) is 4. The number of carbonyl (C=O) groups excluding carboxylic acids is 2. The van der Waals surface area contributed by atoms with Crippen LogP contribution < -0.4 is 20.1 Å². The van der Waals surface area contributed by atoms with E-state index >= 15 is 0 Å². The van der Waals surface area contributed by atoms with Crippen molar-refractivity contribution in [2.75, 3.05) is 50.9 Å². The summed E-state index contributed by atoms with van der Waals surface area (Å²) < 4.78 is 49.3. The van der Waals surface area contributed by atoms with E-state index in [2.05, 4.69) is 25.3 Å². The van der Waals surface area contributed by atoms with Gasteiger partial charge in [0.05, 0.1) is 30.3 Å². The smallest absolute Gasteiger partial charge is 0.329 e. The fraction of sp³-hybridized carbons (Fsp3) is 0.622. The maximum absolute atomic E-state index is 12.9. The van der Waals surface area contributed by atoms with E-state index in [9.17, 15) is 27.6 Å². The zero-order valence-corrected chi connectivity index (χ0v) is 32.5. The first-order valence-corrected chi connectivity index (χ1v) is 20.3. The number of nitrogens with one attached hydrogen (secondary N) is 3. The van der Waals surface area contributed by atoms with Gasteiger partial charge < -0.3 is 39.8 Å². The third-order valence-electron chi connectivity index (χ3n) is 8.03. The molecule has 0 radical (unpaired) electrons. The maximum atomic E-state index is 12.9. The summed E-state index contributed by atoms with van der Waals surface area (Å²) in [4.78, 5) is 53.4. The minimum absolute atomic E-state index is 0.000523. The molecule has 0 saturated heterocycles. The standard InChI is InChI=1S/C37H57N5O12S/c1-2-53-33(27-52-28-35(46)47)41-32(43)26-51-23-21-38-36(48)29-24-39-37(40-25-29)42-55(49,50)31-19-17-30(18-20-31)54-22-15-13-11-9-7-5-3-4-6-8-10-12-14-16-34(44)45/h17-20,24-25,33H,2-16,21-23,26-28H2,1H3,(H,38,48)(H,41,43)(H,44,45)(H,46,47)(H,39,40,42). The molecule has 2 amide bonds. The number of benzene rings is 1. The number of sulfonamides is 1. The van der Waals surface area contributed by atoms with Crippen molar-refractivity contribution < 1.29 is 56.8 Å².